The van der Waals surface area contributed by atoms with Crippen LogP contribution in [0.5, 0.6) is 0 Å². The maximum atomic E-state index is 5.18. The van der Waals surface area contributed by atoms with Gasteiger partial charge in [-0.2, -0.15) is 0 Å². The third-order valence-electron chi connectivity index (χ3n) is 0.540. The summed E-state index contributed by atoms with van der Waals surface area (Å²) in [4.78, 5) is 0. The van der Waals surface area contributed by atoms with Crippen LogP contribution in [0, 0.1) is 0 Å². The van der Waals surface area contributed by atoms with Gasteiger partial charge in [-0.3, -0.25) is 0 Å². The standard InChI is InChI=1S/C4H8Br3O2P/c5-1-3-8-10(7)9-4-2-6/h1-4H2. The topological polar surface area (TPSA) is 18.5 Å². The first-order valence-corrected chi connectivity index (χ1v) is 8.09. The molecule has 0 aromatic carbocycles. The zero-order chi connectivity index (χ0) is 7.82. The Labute approximate surface area is 86.9 Å². The minimum absolute atomic E-state index is 0.680. The van der Waals surface area contributed by atoms with Crippen molar-refractivity contribution < 1.29 is 9.05 Å². The van der Waals surface area contributed by atoms with E-state index in [4.69, 9.17) is 9.05 Å². The summed E-state index contributed by atoms with van der Waals surface area (Å²) in [6.45, 7) is 1.36. The van der Waals surface area contributed by atoms with E-state index in [1.807, 2.05) is 0 Å². The molecule has 0 aromatic heterocycles. The van der Waals surface area contributed by atoms with Crippen LogP contribution in [0.2, 0.25) is 0 Å². The zero-order valence-electron chi connectivity index (χ0n) is 5.23. The number of halogens is 3. The average molecular weight is 359 g/mol. The highest BCUT2D eigenvalue weighted by molar-refractivity contribution is 9.38. The molecule has 0 saturated carbocycles. The summed E-state index contributed by atoms with van der Waals surface area (Å²) in [5.74, 6) is 0. The van der Waals surface area contributed by atoms with Crippen molar-refractivity contribution in [3.05, 3.63) is 0 Å². The minimum Gasteiger partial charge on any atom is -0.325 e. The van der Waals surface area contributed by atoms with Gasteiger partial charge in [0.05, 0.1) is 13.2 Å². The van der Waals surface area contributed by atoms with Gasteiger partial charge >= 0.3 is 0 Å². The molecule has 0 amide bonds. The predicted octanol–water partition coefficient (Wildman–Crippen LogP) is 3.43. The number of rotatable bonds is 6. The van der Waals surface area contributed by atoms with E-state index in [2.05, 4.69) is 47.3 Å². The van der Waals surface area contributed by atoms with Crippen LogP contribution in [0.3, 0.4) is 0 Å². The van der Waals surface area contributed by atoms with Crippen LogP contribution < -0.4 is 0 Å². The third-order valence-corrected chi connectivity index (χ3v) is 3.19. The maximum Gasteiger partial charge on any atom is 0.246 e. The lowest BCUT2D eigenvalue weighted by atomic mass is 10.9. The third kappa shape index (κ3) is 7.89. The Balaban J connectivity index is 3.00. The average Bonchev–Trinajstić information content (AvgIpc) is 1.97. The Kier molecular flexibility index (Phi) is 10.5. The number of hydrogen-bond acceptors (Lipinski definition) is 2. The van der Waals surface area contributed by atoms with E-state index in [-0.39, 0.29) is 0 Å². The summed E-state index contributed by atoms with van der Waals surface area (Å²) >= 11 is 9.75. The lowest BCUT2D eigenvalue weighted by Gasteiger charge is -2.07. The second kappa shape index (κ2) is 8.88. The summed E-state index contributed by atoms with van der Waals surface area (Å²) in [6.07, 6.45) is 0. The molecule has 0 aromatic rings. The Morgan fingerprint density at radius 1 is 1.00 bits per heavy atom. The van der Waals surface area contributed by atoms with Crippen LogP contribution in [0.4, 0.5) is 0 Å². The zero-order valence-corrected chi connectivity index (χ0v) is 10.9. The van der Waals surface area contributed by atoms with Crippen LogP contribution >= 0.6 is 54.4 Å². The lowest BCUT2D eigenvalue weighted by Crippen LogP contribution is -1.92. The number of hydrogen-bond donors (Lipinski definition) is 0. The molecule has 0 fully saturated rings. The Morgan fingerprint density at radius 2 is 1.40 bits per heavy atom. The van der Waals surface area contributed by atoms with E-state index < -0.39 is 7.08 Å². The molecule has 0 aliphatic rings. The van der Waals surface area contributed by atoms with E-state index in [1.54, 1.807) is 0 Å². The molecule has 10 heavy (non-hydrogen) atoms. The van der Waals surface area contributed by atoms with Crippen molar-refractivity contribution in [3.63, 3.8) is 0 Å². The summed E-state index contributed by atoms with van der Waals surface area (Å²) < 4.78 is 10.4. The first-order chi connectivity index (χ1) is 4.81. The molecule has 0 rings (SSSR count). The molecule has 2 nitrogen and oxygen atoms in total. The van der Waals surface area contributed by atoms with Gasteiger partial charge in [0.2, 0.25) is 7.08 Å². The molecule has 62 valence electrons. The highest BCUT2D eigenvalue weighted by Gasteiger charge is 2.02. The molecule has 0 heterocycles. The molecule has 0 bridgehead atoms. The summed E-state index contributed by atoms with van der Waals surface area (Å²) in [7, 11) is -0.840. The Bertz CT molecular complexity index is 67.5. The highest BCUT2D eigenvalue weighted by Crippen LogP contribution is 2.46. The lowest BCUT2D eigenvalue weighted by molar-refractivity contribution is 0.289. The second-order valence-corrected chi connectivity index (χ2v) is 5.52. The van der Waals surface area contributed by atoms with Crippen molar-refractivity contribution in [2.45, 2.75) is 0 Å². The molecule has 0 spiro atoms. The van der Waals surface area contributed by atoms with Gasteiger partial charge in [0.15, 0.2) is 0 Å². The number of alkyl halides is 2. The van der Waals surface area contributed by atoms with E-state index >= 15 is 0 Å². The quantitative estimate of drug-likeness (QED) is 0.535. The molecule has 0 N–H and O–H groups in total. The molecule has 0 aliphatic heterocycles. The van der Waals surface area contributed by atoms with E-state index in [9.17, 15) is 0 Å². The van der Waals surface area contributed by atoms with Gasteiger partial charge in [-0.05, 0) is 0 Å². The normalized spacial score (nSPS) is 10.8. The SMILES string of the molecule is BrCCOP(Br)OCCBr. The first kappa shape index (κ1) is 11.8. The van der Waals surface area contributed by atoms with Crippen molar-refractivity contribution in [1.82, 2.24) is 0 Å². The molecule has 0 unspecified atom stereocenters. The van der Waals surface area contributed by atoms with E-state index in [0.29, 0.717) is 13.2 Å². The first-order valence-electron chi connectivity index (χ1n) is 2.65. The van der Waals surface area contributed by atoms with Crippen molar-refractivity contribution in [3.8, 4) is 0 Å². The van der Waals surface area contributed by atoms with Crippen molar-refractivity contribution in [1.29, 1.82) is 0 Å². The minimum atomic E-state index is -0.840. The van der Waals surface area contributed by atoms with Crippen LogP contribution in [-0.2, 0) is 9.05 Å². The summed E-state index contributed by atoms with van der Waals surface area (Å²) in [5, 5.41) is 1.68. The van der Waals surface area contributed by atoms with Gasteiger partial charge in [0.1, 0.15) is 0 Å². The molecular formula is C4H8Br3O2P. The van der Waals surface area contributed by atoms with E-state index in [1.165, 1.54) is 0 Å². The highest BCUT2D eigenvalue weighted by atomic mass is 79.9. The van der Waals surface area contributed by atoms with Gasteiger partial charge < -0.3 is 9.05 Å². The summed E-state index contributed by atoms with van der Waals surface area (Å²) in [5.41, 5.74) is 0. The van der Waals surface area contributed by atoms with Gasteiger partial charge in [-0.1, -0.05) is 31.9 Å². The van der Waals surface area contributed by atoms with Crippen molar-refractivity contribution in [2.24, 2.45) is 0 Å². The molecule has 0 aliphatic carbocycles. The smallest absolute Gasteiger partial charge is 0.246 e. The van der Waals surface area contributed by atoms with Crippen LogP contribution in [-0.4, -0.2) is 23.9 Å². The van der Waals surface area contributed by atoms with Gasteiger partial charge in [0.25, 0.3) is 0 Å². The Hall–Kier alpha value is 1.79. The molecule has 0 atom stereocenters. The van der Waals surface area contributed by atoms with Gasteiger partial charge in [-0.15, -0.1) is 0 Å². The van der Waals surface area contributed by atoms with Gasteiger partial charge in [-0.25, -0.2) is 0 Å². The largest absolute Gasteiger partial charge is 0.325 e. The molecule has 0 saturated heterocycles. The van der Waals surface area contributed by atoms with E-state index in [0.717, 1.165) is 10.7 Å². The van der Waals surface area contributed by atoms with Crippen LogP contribution in [0.15, 0.2) is 0 Å². The van der Waals surface area contributed by atoms with Gasteiger partial charge in [0, 0.05) is 26.1 Å². The monoisotopic (exact) mass is 356 g/mol. The fraction of sp³-hybridized carbons (Fsp3) is 1.00. The van der Waals surface area contributed by atoms with Crippen LogP contribution in [0.25, 0.3) is 0 Å². The van der Waals surface area contributed by atoms with Crippen molar-refractivity contribution in [2.75, 3.05) is 23.9 Å². The molecular weight excluding hydrogens is 351 g/mol. The van der Waals surface area contributed by atoms with Crippen LogP contribution in [0.1, 0.15) is 0 Å². The van der Waals surface area contributed by atoms with Crippen molar-refractivity contribution >= 4 is 54.4 Å². The fourth-order valence-corrected chi connectivity index (χ4v) is 2.49. The fourth-order valence-electron chi connectivity index (χ4n) is 0.250. The predicted molar refractivity (Wildman–Crippen MR) is 55.3 cm³/mol. The summed E-state index contributed by atoms with van der Waals surface area (Å²) in [6, 6.07) is 0. The second-order valence-electron chi connectivity index (χ2n) is 1.26. The molecule has 6 heteroatoms. The Morgan fingerprint density at radius 3 is 1.70 bits per heavy atom. The maximum absolute atomic E-state index is 5.18. The molecule has 0 radical (unpaired) electrons.